The summed E-state index contributed by atoms with van der Waals surface area (Å²) < 4.78 is 0. The first kappa shape index (κ1) is 68.6. The van der Waals surface area contributed by atoms with Crippen molar-refractivity contribution < 1.29 is 43.5 Å². The normalized spacial score (nSPS) is 10.7. The summed E-state index contributed by atoms with van der Waals surface area (Å²) in [6.45, 7) is 6.75. The van der Waals surface area contributed by atoms with Gasteiger partial charge in [-0.15, -0.1) is 0 Å². The maximum absolute atomic E-state index is 12.4. The molecule has 61 heavy (non-hydrogen) atoms. The van der Waals surface area contributed by atoms with Gasteiger partial charge in [0, 0.05) is 19.3 Å². The molecule has 348 valence electrons. The van der Waals surface area contributed by atoms with Gasteiger partial charge in [-0.1, -0.05) is 252 Å². The minimum absolute atomic E-state index is 0. The van der Waals surface area contributed by atoms with E-state index in [9.17, 15) is 14.4 Å². The number of carbonyl (C=O) groups excluding carboxylic acids is 3. The summed E-state index contributed by atoms with van der Waals surface area (Å²) in [6, 6.07) is 0. The van der Waals surface area contributed by atoms with Gasteiger partial charge in [-0.05, 0) is 19.3 Å². The minimum Gasteiger partial charge on any atom is -0.308 e. The Morgan fingerprint density at radius 1 is 0.262 bits per heavy atom. The van der Waals surface area contributed by atoms with Crippen LogP contribution in [0.5, 0.6) is 0 Å². The Bertz CT molecular complexity index is 782. The van der Waals surface area contributed by atoms with E-state index < -0.39 is 25.2 Å². The summed E-state index contributed by atoms with van der Waals surface area (Å²) in [5.74, 6) is -1.80. The van der Waals surface area contributed by atoms with Gasteiger partial charge in [0.25, 0.3) is 0 Å². The zero-order valence-electron chi connectivity index (χ0n) is 39.8. The molecule has 0 aromatic heterocycles. The van der Waals surface area contributed by atoms with Crippen molar-refractivity contribution in [3.8, 4) is 0 Å². The van der Waals surface area contributed by atoms with E-state index in [2.05, 4.69) is 20.8 Å². The zero-order valence-corrected chi connectivity index (χ0v) is 50.2. The molecule has 0 N–H and O–H groups in total. The minimum atomic E-state index is -1.85. The van der Waals surface area contributed by atoms with E-state index in [0.29, 0.717) is 19.3 Å². The van der Waals surface area contributed by atoms with Gasteiger partial charge < -0.3 is 14.7 Å². The molecule has 0 bridgehead atoms. The molecule has 0 aliphatic carbocycles. The van der Waals surface area contributed by atoms with Crippen LogP contribution in [0.15, 0.2) is 0 Å². The van der Waals surface area contributed by atoms with Crippen LogP contribution < -0.4 is 0 Å². The third-order valence-electron chi connectivity index (χ3n) is 11.1. The van der Waals surface area contributed by atoms with Crippen molar-refractivity contribution in [2.75, 3.05) is 0 Å². The molecule has 0 unspecified atom stereocenters. The van der Waals surface area contributed by atoms with Crippen molar-refractivity contribution in [1.82, 2.24) is 0 Å². The van der Waals surface area contributed by atoms with Gasteiger partial charge in [0.2, 0.25) is 0 Å². The largest absolute Gasteiger partial charge is 3.00 e. The molecule has 13 heteroatoms. The van der Waals surface area contributed by atoms with Crippen molar-refractivity contribution in [2.45, 2.75) is 290 Å². The molecule has 0 saturated heterocycles. The van der Waals surface area contributed by atoms with E-state index >= 15 is 0 Å². The Morgan fingerprint density at radius 3 is 0.574 bits per heavy atom. The second-order valence-corrected chi connectivity index (χ2v) is 16.9. The third-order valence-corrected chi connectivity index (χ3v) is 11.1. The third kappa shape index (κ3) is 57.1. The molecule has 0 aromatic carbocycles. The maximum Gasteiger partial charge on any atom is 3.00 e. The summed E-state index contributed by atoms with van der Waals surface area (Å²) in [7, 11) is -1.85. The Kier molecular flexibility index (Phi) is 66.4. The SMILES string of the molecule is CCCCCCCCCCCCCCCC(=O)OOB(OOC(=O)CCCCCCCCCCCCCCC)OOC(=O)CCCCCCCCCCCCCCC.[Bi+3].[Bi+3].[Bi+3]. The van der Waals surface area contributed by atoms with Gasteiger partial charge in [0.1, 0.15) is 0 Å². The molecule has 0 saturated carbocycles. The van der Waals surface area contributed by atoms with E-state index in [1.165, 1.54) is 193 Å². The van der Waals surface area contributed by atoms with Crippen LogP contribution in [0.2, 0.25) is 0 Å². The number of hydrogen-bond donors (Lipinski definition) is 0. The number of unbranched alkanes of at least 4 members (excludes halogenated alkanes) is 36. The molecule has 0 aromatic rings. The summed E-state index contributed by atoms with van der Waals surface area (Å²) in [4.78, 5) is 66.6. The van der Waals surface area contributed by atoms with Crippen molar-refractivity contribution in [2.24, 2.45) is 0 Å². The Hall–Kier alpha value is 1.00. The molecule has 0 aliphatic rings. The molecule has 0 heterocycles. The first-order chi connectivity index (χ1) is 28.5. The van der Waals surface area contributed by atoms with Gasteiger partial charge in [-0.3, -0.25) is 0 Å². The molecule has 6 radical (unpaired) electrons. The quantitative estimate of drug-likeness (QED) is 0.0255. The van der Waals surface area contributed by atoms with Crippen LogP contribution in [-0.4, -0.2) is 104 Å². The molecule has 0 fully saturated rings. The zero-order chi connectivity index (χ0) is 42.3. The van der Waals surface area contributed by atoms with Crippen LogP contribution in [0, 0.1) is 0 Å². The topological polar surface area (TPSA) is 107 Å². The van der Waals surface area contributed by atoms with Crippen molar-refractivity contribution in [1.29, 1.82) is 0 Å². The van der Waals surface area contributed by atoms with Crippen LogP contribution >= 0.6 is 0 Å². The van der Waals surface area contributed by atoms with E-state index in [1.54, 1.807) is 0 Å². The van der Waals surface area contributed by atoms with Crippen LogP contribution in [0.1, 0.15) is 290 Å². The standard InChI is InChI=1S/C48H93BO9.3Bi/c1-4-7-10-13-16-19-22-25-28-31-34-37-40-43-46(50)53-56-49(57-54-47(51)44-41-38-35-32-29-26-23-20-17-14-11-8-5-2)58-55-48(52)45-42-39-36-33-30-27-24-21-18-15-12-9-6-3;;;/h4-45H2,1-3H3;;;/q;3*+3. The van der Waals surface area contributed by atoms with Gasteiger partial charge in [0.05, 0.1) is 0 Å². The van der Waals surface area contributed by atoms with Crippen molar-refractivity contribution >= 4 is 104 Å². The predicted molar refractivity (Wildman–Crippen MR) is 255 cm³/mol. The average Bonchev–Trinajstić information content (AvgIpc) is 3.22. The summed E-state index contributed by atoms with van der Waals surface area (Å²) >= 11 is 0. The number of rotatable bonds is 48. The first-order valence-electron chi connectivity index (χ1n) is 25.1. The fourth-order valence-corrected chi connectivity index (χ4v) is 7.31. The predicted octanol–water partition coefficient (Wildman–Crippen LogP) is 14.7. The second-order valence-electron chi connectivity index (χ2n) is 16.9. The number of carbonyl (C=O) groups is 3. The summed E-state index contributed by atoms with van der Waals surface area (Å²) in [6.07, 6.45) is 47.7. The molecular formula is C48H93BBi3O9+9. The van der Waals surface area contributed by atoms with Crippen LogP contribution in [0.25, 0.3) is 0 Å². The molecular weight excluding hydrogens is 1360 g/mol. The van der Waals surface area contributed by atoms with Gasteiger partial charge in [-0.2, -0.15) is 14.4 Å². The van der Waals surface area contributed by atoms with Crippen LogP contribution in [0.4, 0.5) is 0 Å². The van der Waals surface area contributed by atoms with Gasteiger partial charge in [0.15, 0.2) is 0 Å². The number of hydrogen-bond acceptors (Lipinski definition) is 9. The smallest absolute Gasteiger partial charge is 0.308 e. The molecule has 0 atom stereocenters. The molecule has 0 aliphatic heterocycles. The second kappa shape index (κ2) is 59.0. The maximum atomic E-state index is 12.4. The monoisotopic (exact) mass is 1450 g/mol. The molecule has 0 spiro atoms. The van der Waals surface area contributed by atoms with Crippen molar-refractivity contribution in [3.05, 3.63) is 0 Å². The van der Waals surface area contributed by atoms with Crippen LogP contribution in [-0.2, 0) is 43.5 Å². The fraction of sp³-hybridized carbons (Fsp3) is 0.938. The van der Waals surface area contributed by atoms with E-state index in [0.717, 1.165) is 38.5 Å². The average molecular weight is 1450 g/mol. The molecule has 0 amide bonds. The fourth-order valence-electron chi connectivity index (χ4n) is 7.31. The van der Waals surface area contributed by atoms with E-state index in [4.69, 9.17) is 29.1 Å². The van der Waals surface area contributed by atoms with Gasteiger partial charge in [-0.25, -0.2) is 14.4 Å². The van der Waals surface area contributed by atoms with Crippen molar-refractivity contribution in [3.63, 3.8) is 0 Å². The summed E-state index contributed by atoms with van der Waals surface area (Å²) in [5, 5.41) is 0. The Morgan fingerprint density at radius 2 is 0.410 bits per heavy atom. The molecule has 0 rings (SSSR count). The Labute approximate surface area is 434 Å². The summed E-state index contributed by atoms with van der Waals surface area (Å²) in [5.41, 5.74) is 0. The van der Waals surface area contributed by atoms with Gasteiger partial charge >= 0.3 is 104 Å². The van der Waals surface area contributed by atoms with E-state index in [1.807, 2.05) is 0 Å². The first-order valence-corrected chi connectivity index (χ1v) is 25.1. The van der Waals surface area contributed by atoms with Crippen LogP contribution in [0.3, 0.4) is 0 Å². The molecule has 9 nitrogen and oxygen atoms in total. The Balaban J connectivity index is -0.00000541. The van der Waals surface area contributed by atoms with E-state index in [-0.39, 0.29) is 97.9 Å².